The van der Waals surface area contributed by atoms with Crippen LogP contribution in [-0.2, 0) is 14.4 Å². The maximum absolute atomic E-state index is 13.3. The van der Waals surface area contributed by atoms with E-state index in [1.54, 1.807) is 12.1 Å². The van der Waals surface area contributed by atoms with Crippen molar-refractivity contribution < 1.29 is 28.2 Å². The number of nitrogens with one attached hydrogen (secondary N) is 1. The summed E-state index contributed by atoms with van der Waals surface area (Å²) in [6.45, 7) is -0.349. The molecule has 0 unspecified atom stereocenters. The summed E-state index contributed by atoms with van der Waals surface area (Å²) in [5.74, 6) is -1.52. The molecule has 2 aromatic carbocycles. The van der Waals surface area contributed by atoms with Crippen molar-refractivity contribution in [1.29, 1.82) is 0 Å². The molecule has 2 aliphatic rings. The second kappa shape index (κ2) is 8.42. The van der Waals surface area contributed by atoms with E-state index in [1.165, 1.54) is 32.4 Å². The van der Waals surface area contributed by atoms with E-state index in [0.29, 0.717) is 11.5 Å². The Balaban J connectivity index is 1.50. The molecule has 2 aromatic rings. The summed E-state index contributed by atoms with van der Waals surface area (Å²) in [7, 11) is 2.91. The molecule has 2 aliphatic heterocycles. The maximum Gasteiger partial charge on any atom is 0.263 e. The van der Waals surface area contributed by atoms with Gasteiger partial charge in [0.05, 0.1) is 24.9 Å². The minimum atomic E-state index is -1.07. The Morgan fingerprint density at radius 3 is 2.56 bits per heavy atom. The minimum absolute atomic E-state index is 0.147. The fourth-order valence-electron chi connectivity index (χ4n) is 3.49. The number of halogens is 2. The second-order valence-corrected chi connectivity index (χ2v) is 7.33. The Bertz CT molecular complexity index is 1140. The van der Waals surface area contributed by atoms with Crippen LogP contribution in [0.4, 0.5) is 15.8 Å². The Labute approximate surface area is 186 Å². The number of hydrogen-bond donors (Lipinski definition) is 1. The molecule has 12 heteroatoms. The van der Waals surface area contributed by atoms with E-state index in [-0.39, 0.29) is 22.9 Å². The Kier molecular flexibility index (Phi) is 5.66. The lowest BCUT2D eigenvalue weighted by Crippen LogP contribution is -2.43. The van der Waals surface area contributed by atoms with E-state index in [2.05, 4.69) is 15.7 Å². The summed E-state index contributed by atoms with van der Waals surface area (Å²) >= 11 is 5.72. The van der Waals surface area contributed by atoms with Gasteiger partial charge in [-0.25, -0.2) is 9.29 Å². The van der Waals surface area contributed by atoms with Gasteiger partial charge in [-0.05, 0) is 30.3 Å². The fraction of sp³-hybridized carbons (Fsp3) is 0.250. The van der Waals surface area contributed by atoms with Crippen molar-refractivity contribution in [3.05, 3.63) is 47.2 Å². The number of rotatable bonds is 6. The lowest BCUT2D eigenvalue weighted by Gasteiger charge is -2.20. The second-order valence-electron chi connectivity index (χ2n) is 6.92. The normalized spacial score (nSPS) is 19.4. The molecule has 166 valence electrons. The molecular formula is C20H17ClFN5O5. The molecule has 1 N–H and O–H groups in total. The molecule has 3 amide bonds. The number of nitrogens with zero attached hydrogens (tertiary/aromatic N) is 4. The van der Waals surface area contributed by atoms with E-state index < -0.39 is 35.6 Å². The number of carbonyl (C=O) groups excluding carboxylic acids is 3. The van der Waals surface area contributed by atoms with Crippen molar-refractivity contribution in [2.24, 2.45) is 10.3 Å². The molecule has 4 rings (SSSR count). The predicted octanol–water partition coefficient (Wildman–Crippen LogP) is 2.43. The number of benzene rings is 2. The molecule has 32 heavy (non-hydrogen) atoms. The first-order chi connectivity index (χ1) is 15.3. The van der Waals surface area contributed by atoms with E-state index >= 15 is 0 Å². The van der Waals surface area contributed by atoms with Crippen LogP contribution in [0.5, 0.6) is 11.5 Å². The van der Waals surface area contributed by atoms with Crippen molar-refractivity contribution in [2.75, 3.05) is 31.0 Å². The Morgan fingerprint density at radius 1 is 1.12 bits per heavy atom. The van der Waals surface area contributed by atoms with Crippen molar-refractivity contribution in [1.82, 2.24) is 5.01 Å². The van der Waals surface area contributed by atoms with Crippen LogP contribution in [0.1, 0.15) is 0 Å². The van der Waals surface area contributed by atoms with Gasteiger partial charge in [-0.15, -0.1) is 0 Å². The molecule has 0 bridgehead atoms. The monoisotopic (exact) mass is 461 g/mol. The smallest absolute Gasteiger partial charge is 0.263 e. The first-order valence-electron chi connectivity index (χ1n) is 9.36. The van der Waals surface area contributed by atoms with Crippen molar-refractivity contribution in [3.8, 4) is 11.5 Å². The number of anilines is 2. The number of hydrogen-bond acceptors (Lipinski definition) is 8. The number of carbonyl (C=O) groups is 3. The number of imide groups is 1. The molecule has 0 aromatic heterocycles. The zero-order chi connectivity index (χ0) is 23.0. The SMILES string of the molecule is COc1ccc(N2C(=O)[C@H]3N=NN(CC(=O)Nc4ccc(F)c(Cl)c4)[C@H]3C2=O)cc1OC. The highest BCUT2D eigenvalue weighted by Gasteiger charge is 2.55. The molecule has 1 saturated heterocycles. The van der Waals surface area contributed by atoms with Crippen LogP contribution in [0, 0.1) is 5.82 Å². The molecule has 0 radical (unpaired) electrons. The van der Waals surface area contributed by atoms with Gasteiger partial charge >= 0.3 is 0 Å². The summed E-state index contributed by atoms with van der Waals surface area (Å²) < 4.78 is 23.7. The van der Waals surface area contributed by atoms with Gasteiger partial charge in [-0.1, -0.05) is 16.8 Å². The van der Waals surface area contributed by atoms with Gasteiger partial charge in [0, 0.05) is 11.8 Å². The third kappa shape index (κ3) is 3.71. The number of ether oxygens (including phenoxy) is 2. The predicted molar refractivity (Wildman–Crippen MR) is 111 cm³/mol. The molecule has 0 spiro atoms. The molecule has 2 atom stereocenters. The van der Waals surface area contributed by atoms with Crippen LogP contribution in [0.3, 0.4) is 0 Å². The highest BCUT2D eigenvalue weighted by molar-refractivity contribution is 6.31. The van der Waals surface area contributed by atoms with Gasteiger partial charge in [-0.2, -0.15) is 5.11 Å². The summed E-state index contributed by atoms with van der Waals surface area (Å²) in [4.78, 5) is 39.3. The molecule has 2 heterocycles. The number of methoxy groups -OCH3 is 2. The van der Waals surface area contributed by atoms with E-state index in [1.807, 2.05) is 0 Å². The average molecular weight is 462 g/mol. The van der Waals surface area contributed by atoms with Gasteiger partial charge in [-0.3, -0.25) is 19.4 Å². The Hall–Kier alpha value is -3.73. The highest BCUT2D eigenvalue weighted by atomic mass is 35.5. The first-order valence-corrected chi connectivity index (χ1v) is 9.74. The van der Waals surface area contributed by atoms with E-state index in [0.717, 1.165) is 16.0 Å². The number of fused-ring (bicyclic) bond motifs is 1. The first kappa shape index (κ1) is 21.5. The standard InChI is InChI=1S/C20H17ClFN5O5/c1-31-14-6-4-11(8-15(14)32-2)27-19(29)17-18(20(27)30)26(25-24-17)9-16(28)23-10-3-5-13(22)12(21)7-10/h3-8,17-18H,9H2,1-2H3,(H,23,28)/t17-,18+/m0/s1. The highest BCUT2D eigenvalue weighted by Crippen LogP contribution is 2.36. The van der Waals surface area contributed by atoms with Crippen molar-refractivity contribution >= 4 is 40.7 Å². The number of amides is 3. The van der Waals surface area contributed by atoms with Gasteiger partial charge in [0.1, 0.15) is 12.4 Å². The fourth-order valence-corrected chi connectivity index (χ4v) is 3.67. The zero-order valence-corrected chi connectivity index (χ0v) is 17.7. The topological polar surface area (TPSA) is 113 Å². The quantitative estimate of drug-likeness (QED) is 0.661. The van der Waals surface area contributed by atoms with E-state index in [4.69, 9.17) is 21.1 Å². The van der Waals surface area contributed by atoms with Crippen LogP contribution in [0.15, 0.2) is 46.7 Å². The van der Waals surface area contributed by atoms with Crippen LogP contribution >= 0.6 is 11.6 Å². The Morgan fingerprint density at radius 2 is 1.88 bits per heavy atom. The third-order valence-electron chi connectivity index (χ3n) is 4.99. The van der Waals surface area contributed by atoms with Gasteiger partial charge in [0.15, 0.2) is 23.6 Å². The molecule has 0 aliphatic carbocycles. The molecular weight excluding hydrogens is 445 g/mol. The lowest BCUT2D eigenvalue weighted by atomic mass is 10.1. The zero-order valence-electron chi connectivity index (χ0n) is 16.9. The van der Waals surface area contributed by atoms with Crippen molar-refractivity contribution in [2.45, 2.75) is 12.1 Å². The van der Waals surface area contributed by atoms with Gasteiger partial charge in [0.2, 0.25) is 5.91 Å². The van der Waals surface area contributed by atoms with Crippen LogP contribution in [-0.4, -0.2) is 55.6 Å². The molecule has 0 saturated carbocycles. The van der Waals surface area contributed by atoms with Crippen molar-refractivity contribution in [3.63, 3.8) is 0 Å². The average Bonchev–Trinajstić information content (AvgIpc) is 3.29. The molecule has 10 nitrogen and oxygen atoms in total. The van der Waals surface area contributed by atoms with Gasteiger partial charge in [0.25, 0.3) is 11.8 Å². The largest absolute Gasteiger partial charge is 0.493 e. The third-order valence-corrected chi connectivity index (χ3v) is 5.28. The van der Waals surface area contributed by atoms with E-state index in [9.17, 15) is 18.8 Å². The summed E-state index contributed by atoms with van der Waals surface area (Å²) in [6, 6.07) is 6.21. The van der Waals surface area contributed by atoms with Crippen LogP contribution < -0.4 is 19.7 Å². The maximum atomic E-state index is 13.3. The lowest BCUT2D eigenvalue weighted by molar-refractivity contribution is -0.123. The van der Waals surface area contributed by atoms with Gasteiger partial charge < -0.3 is 14.8 Å². The summed E-state index contributed by atoms with van der Waals surface area (Å²) in [6.07, 6.45) is 0. The minimum Gasteiger partial charge on any atom is -0.493 e. The summed E-state index contributed by atoms with van der Waals surface area (Å²) in [5.41, 5.74) is 0.558. The van der Waals surface area contributed by atoms with Crippen LogP contribution in [0.2, 0.25) is 5.02 Å². The molecule has 1 fully saturated rings. The van der Waals surface area contributed by atoms with Crippen LogP contribution in [0.25, 0.3) is 0 Å². The summed E-state index contributed by atoms with van der Waals surface area (Å²) in [5, 5.41) is 11.2.